The quantitative estimate of drug-likeness (QED) is 0.337. The van der Waals surface area contributed by atoms with Crippen molar-refractivity contribution in [3.05, 3.63) is 77.6 Å². The highest BCUT2D eigenvalue weighted by Crippen LogP contribution is 2.49. The third-order valence-corrected chi connectivity index (χ3v) is 7.44. The van der Waals surface area contributed by atoms with E-state index in [0.29, 0.717) is 17.8 Å². The normalized spacial score (nSPS) is 24.2. The first-order valence-electron chi connectivity index (χ1n) is 13.1. The van der Waals surface area contributed by atoms with E-state index in [-0.39, 0.29) is 18.2 Å². The average molecular weight is 540 g/mol. The molecular weight excluding hydrogens is 507 g/mol. The number of aliphatic carboxylic acids is 1. The molecule has 3 aromatic rings. The summed E-state index contributed by atoms with van der Waals surface area (Å²) in [6.07, 6.45) is 6.86. The number of hydrogen-bond acceptors (Lipinski definition) is 4. The topological polar surface area (TPSA) is 71.5 Å². The molecule has 3 heterocycles. The molecule has 0 amide bonds. The molecule has 2 aromatic heterocycles. The molecule has 206 valence electrons. The third-order valence-electron chi connectivity index (χ3n) is 7.44. The number of furan rings is 1. The number of carboxylic acid groups (broad SMARTS) is 1. The van der Waals surface area contributed by atoms with Crippen molar-refractivity contribution in [3.63, 3.8) is 0 Å². The second kappa shape index (κ2) is 10.2. The van der Waals surface area contributed by atoms with Crippen LogP contribution in [0.15, 0.2) is 70.7 Å². The smallest absolute Gasteiger partial charge is 0.328 e. The lowest BCUT2D eigenvalue weighted by molar-refractivity contribution is -0.131. The van der Waals surface area contributed by atoms with Crippen molar-refractivity contribution >= 4 is 16.9 Å². The summed E-state index contributed by atoms with van der Waals surface area (Å²) >= 11 is 0. The minimum Gasteiger partial charge on any atom is -0.478 e. The lowest BCUT2D eigenvalue weighted by atomic mass is 9.79. The zero-order valence-electron chi connectivity index (χ0n) is 22.4. The van der Waals surface area contributed by atoms with E-state index in [9.17, 15) is 4.79 Å². The Balaban J connectivity index is 1.62. The standard InChI is InChI=1S/C30H32F3N3O3/c1-5-35-15-20(14-34-35)19-7-8-25-21(13-19)22-10-17(2)36(16-30(3,4)33)28(29(22)39-25)27-23(31)11-18(12-24(27)32)6-9-26(37)38/h6-9,11-15,17,23,27-28H,5,10,16H2,1-4H3,(H,37,38)/b9-6+. The Bertz CT molecular complexity index is 1490. The number of aryl methyl sites for hydroxylation is 1. The van der Waals surface area contributed by atoms with Crippen molar-refractivity contribution in [2.24, 2.45) is 5.92 Å². The van der Waals surface area contributed by atoms with E-state index >= 15 is 13.2 Å². The monoisotopic (exact) mass is 539 g/mol. The number of hydrogen-bond donors (Lipinski definition) is 1. The van der Waals surface area contributed by atoms with Crippen molar-refractivity contribution in [2.75, 3.05) is 6.54 Å². The maximum absolute atomic E-state index is 15.8. The van der Waals surface area contributed by atoms with Crippen LogP contribution in [0.4, 0.5) is 13.2 Å². The highest BCUT2D eigenvalue weighted by Gasteiger charge is 2.47. The maximum Gasteiger partial charge on any atom is 0.328 e. The molecule has 39 heavy (non-hydrogen) atoms. The molecule has 0 bridgehead atoms. The first kappa shape index (κ1) is 27.0. The van der Waals surface area contributed by atoms with E-state index in [1.54, 1.807) is 11.1 Å². The van der Waals surface area contributed by atoms with Crippen LogP contribution < -0.4 is 0 Å². The van der Waals surface area contributed by atoms with Gasteiger partial charge in [-0.3, -0.25) is 9.58 Å². The summed E-state index contributed by atoms with van der Waals surface area (Å²) < 4.78 is 54.6. The Morgan fingerprint density at radius 1 is 1.31 bits per heavy atom. The summed E-state index contributed by atoms with van der Waals surface area (Å²) in [4.78, 5) is 12.7. The molecule has 4 atom stereocenters. The molecule has 9 heteroatoms. The van der Waals surface area contributed by atoms with Gasteiger partial charge < -0.3 is 9.52 Å². The Kier molecular flexibility index (Phi) is 7.05. The third kappa shape index (κ3) is 5.32. The minimum atomic E-state index is -1.78. The first-order chi connectivity index (χ1) is 18.4. The molecule has 1 aromatic carbocycles. The molecule has 0 spiro atoms. The highest BCUT2D eigenvalue weighted by atomic mass is 19.1. The van der Waals surface area contributed by atoms with Gasteiger partial charge in [-0.2, -0.15) is 5.10 Å². The molecule has 5 rings (SSSR count). The van der Waals surface area contributed by atoms with Crippen LogP contribution in [0.3, 0.4) is 0 Å². The zero-order chi connectivity index (χ0) is 28.1. The number of rotatable bonds is 7. The molecule has 1 N–H and O–H groups in total. The van der Waals surface area contributed by atoms with Crippen LogP contribution in [0.1, 0.15) is 45.1 Å². The minimum absolute atomic E-state index is 0.0389. The predicted molar refractivity (Wildman–Crippen MR) is 143 cm³/mol. The summed E-state index contributed by atoms with van der Waals surface area (Å²) in [6, 6.07) is 4.68. The SMILES string of the molecule is CCn1cc(-c2ccc3oc4c(c3c2)CC(C)N(CC(C)(C)F)C4C2C(F)=CC(/C=C/C(=O)O)=CC2F)cn1. The molecule has 6 nitrogen and oxygen atoms in total. The van der Waals surface area contributed by atoms with Gasteiger partial charge in [-0.1, -0.05) is 6.07 Å². The number of fused-ring (bicyclic) bond motifs is 3. The van der Waals surface area contributed by atoms with E-state index < -0.39 is 35.6 Å². The van der Waals surface area contributed by atoms with Gasteiger partial charge in [-0.05, 0) is 75.6 Å². The summed E-state index contributed by atoms with van der Waals surface area (Å²) in [6.45, 7) is 7.55. The van der Waals surface area contributed by atoms with E-state index in [0.717, 1.165) is 46.8 Å². The molecule has 0 fully saturated rings. The zero-order valence-corrected chi connectivity index (χ0v) is 22.4. The van der Waals surface area contributed by atoms with Crippen molar-refractivity contribution in [3.8, 4) is 11.1 Å². The molecule has 1 aliphatic carbocycles. The lowest BCUT2D eigenvalue weighted by Gasteiger charge is -2.45. The number of nitrogens with zero attached hydrogens (tertiary/aromatic N) is 3. The van der Waals surface area contributed by atoms with E-state index in [1.807, 2.05) is 42.9 Å². The molecule has 0 saturated carbocycles. The largest absolute Gasteiger partial charge is 0.478 e. The molecule has 1 aliphatic heterocycles. The summed E-state index contributed by atoms with van der Waals surface area (Å²) in [7, 11) is 0. The van der Waals surface area contributed by atoms with Crippen LogP contribution in [-0.2, 0) is 17.8 Å². The van der Waals surface area contributed by atoms with Gasteiger partial charge in [0, 0.05) is 47.9 Å². The molecule has 0 saturated heterocycles. The lowest BCUT2D eigenvalue weighted by Crippen LogP contribution is -2.50. The maximum atomic E-state index is 15.8. The summed E-state index contributed by atoms with van der Waals surface area (Å²) in [5.41, 5.74) is 1.87. The van der Waals surface area contributed by atoms with Crippen LogP contribution in [0.2, 0.25) is 0 Å². The fourth-order valence-corrected chi connectivity index (χ4v) is 5.72. The van der Waals surface area contributed by atoms with Crippen molar-refractivity contribution in [1.82, 2.24) is 14.7 Å². The Morgan fingerprint density at radius 3 is 2.72 bits per heavy atom. The first-order valence-corrected chi connectivity index (χ1v) is 13.1. The van der Waals surface area contributed by atoms with Crippen molar-refractivity contribution in [2.45, 2.75) is 64.6 Å². The van der Waals surface area contributed by atoms with Gasteiger partial charge in [0.25, 0.3) is 0 Å². The van der Waals surface area contributed by atoms with Crippen LogP contribution in [-0.4, -0.2) is 50.2 Å². The van der Waals surface area contributed by atoms with E-state index in [1.165, 1.54) is 19.9 Å². The van der Waals surface area contributed by atoms with Gasteiger partial charge in [-0.25, -0.2) is 18.0 Å². The Labute approximate surface area is 225 Å². The molecule has 0 radical (unpaired) electrons. The van der Waals surface area contributed by atoms with Gasteiger partial charge in [0.2, 0.25) is 0 Å². The van der Waals surface area contributed by atoms with Gasteiger partial charge in [-0.15, -0.1) is 0 Å². The average Bonchev–Trinajstić information content (AvgIpc) is 3.48. The second-order valence-electron chi connectivity index (χ2n) is 11.0. The fraction of sp³-hybridized carbons (Fsp3) is 0.400. The number of halogens is 3. The number of carboxylic acids is 1. The number of aromatic nitrogens is 2. The van der Waals surface area contributed by atoms with Crippen molar-refractivity contribution in [1.29, 1.82) is 0 Å². The molecule has 2 aliphatic rings. The van der Waals surface area contributed by atoms with Crippen molar-refractivity contribution < 1.29 is 27.5 Å². The number of allylic oxidation sites excluding steroid dienone is 4. The van der Waals surface area contributed by atoms with Crippen LogP contribution >= 0.6 is 0 Å². The fourth-order valence-electron chi connectivity index (χ4n) is 5.72. The molecule has 4 unspecified atom stereocenters. The number of benzene rings is 1. The van der Waals surface area contributed by atoms with E-state index in [4.69, 9.17) is 9.52 Å². The molecular formula is C30H32F3N3O3. The van der Waals surface area contributed by atoms with E-state index in [2.05, 4.69) is 5.10 Å². The van der Waals surface area contributed by atoms with Gasteiger partial charge in [0.1, 0.15) is 29.0 Å². The van der Waals surface area contributed by atoms with Crippen LogP contribution in [0.25, 0.3) is 22.1 Å². The number of alkyl halides is 2. The Morgan fingerprint density at radius 2 is 2.08 bits per heavy atom. The van der Waals surface area contributed by atoms with Crippen LogP contribution in [0.5, 0.6) is 0 Å². The highest BCUT2D eigenvalue weighted by molar-refractivity contribution is 5.87. The van der Waals surface area contributed by atoms with Gasteiger partial charge in [0.05, 0.1) is 18.2 Å². The van der Waals surface area contributed by atoms with Gasteiger partial charge >= 0.3 is 5.97 Å². The second-order valence-corrected chi connectivity index (χ2v) is 11.0. The Hall–Kier alpha value is -3.59. The summed E-state index contributed by atoms with van der Waals surface area (Å²) in [5.74, 6) is -2.80. The summed E-state index contributed by atoms with van der Waals surface area (Å²) in [5, 5.41) is 14.1. The van der Waals surface area contributed by atoms with Gasteiger partial charge in [0.15, 0.2) is 0 Å². The number of carbonyl (C=O) groups is 1. The predicted octanol–water partition coefficient (Wildman–Crippen LogP) is 6.74. The van der Waals surface area contributed by atoms with Crippen LogP contribution in [0, 0.1) is 5.92 Å².